The van der Waals surface area contributed by atoms with Gasteiger partial charge in [-0.25, -0.2) is 4.79 Å². The van der Waals surface area contributed by atoms with Gasteiger partial charge in [-0.3, -0.25) is 24.6 Å². The summed E-state index contributed by atoms with van der Waals surface area (Å²) in [5.74, 6) is -1.53. The summed E-state index contributed by atoms with van der Waals surface area (Å²) >= 11 is 0. The van der Waals surface area contributed by atoms with Gasteiger partial charge in [-0.1, -0.05) is 12.1 Å². The van der Waals surface area contributed by atoms with Gasteiger partial charge in [0.2, 0.25) is 0 Å². The first-order valence-electron chi connectivity index (χ1n) is 11.5. The normalized spacial score (nSPS) is 15.4. The minimum Gasteiger partial charge on any atom is -0.460 e. The fourth-order valence-electron chi connectivity index (χ4n) is 4.78. The summed E-state index contributed by atoms with van der Waals surface area (Å²) in [6.07, 6.45) is 3.44. The van der Waals surface area contributed by atoms with E-state index in [2.05, 4.69) is 4.90 Å². The Morgan fingerprint density at radius 3 is 2.29 bits per heavy atom. The van der Waals surface area contributed by atoms with Crippen molar-refractivity contribution in [2.24, 2.45) is 0 Å². The molecule has 0 saturated carbocycles. The quantitative estimate of drug-likeness (QED) is 0.228. The number of carbonyl (C=O) groups excluding carboxylic acids is 3. The number of non-ortho nitro benzene ring substituents is 1. The van der Waals surface area contributed by atoms with Gasteiger partial charge in [0.25, 0.3) is 17.5 Å². The van der Waals surface area contributed by atoms with Crippen molar-refractivity contribution in [3.63, 3.8) is 0 Å². The molecule has 1 fully saturated rings. The lowest BCUT2D eigenvalue weighted by Gasteiger charge is -2.32. The van der Waals surface area contributed by atoms with Crippen LogP contribution in [0.25, 0.3) is 10.8 Å². The van der Waals surface area contributed by atoms with Crippen LogP contribution in [0.2, 0.25) is 0 Å². The minimum absolute atomic E-state index is 0.0971. The van der Waals surface area contributed by atoms with Crippen molar-refractivity contribution in [1.82, 2.24) is 4.90 Å². The first-order chi connectivity index (χ1) is 17.0. The predicted octanol–water partition coefficient (Wildman–Crippen LogP) is 4.19. The number of piperidine rings is 1. The Balaban J connectivity index is 1.33. The number of hydrogen-bond acceptors (Lipinski definition) is 7. The molecule has 35 heavy (non-hydrogen) atoms. The van der Waals surface area contributed by atoms with Gasteiger partial charge in [0, 0.05) is 52.8 Å². The van der Waals surface area contributed by atoms with Crippen molar-refractivity contribution in [2.75, 3.05) is 31.1 Å². The molecule has 0 aromatic heterocycles. The molecule has 9 heteroatoms. The summed E-state index contributed by atoms with van der Waals surface area (Å²) in [6.45, 7) is 1.62. The van der Waals surface area contributed by atoms with E-state index in [0.717, 1.165) is 41.9 Å². The monoisotopic (exact) mass is 473 g/mol. The molecule has 9 nitrogen and oxygen atoms in total. The first kappa shape index (κ1) is 22.5. The fraction of sp³-hybridized carbons (Fsp3) is 0.269. The van der Waals surface area contributed by atoms with Crippen molar-refractivity contribution in [1.29, 1.82) is 0 Å². The third kappa shape index (κ3) is 4.09. The van der Waals surface area contributed by atoms with Crippen molar-refractivity contribution < 1.29 is 24.0 Å². The number of amides is 2. The number of nitro groups is 1. The molecule has 3 aromatic carbocycles. The summed E-state index contributed by atoms with van der Waals surface area (Å²) in [5.41, 5.74) is 1.96. The second kappa shape index (κ2) is 9.17. The molecular formula is C26H23N3O6. The number of nitrogens with zero attached hydrogens (tertiary/aromatic N) is 3. The summed E-state index contributed by atoms with van der Waals surface area (Å²) < 4.78 is 5.23. The van der Waals surface area contributed by atoms with E-state index in [-0.39, 0.29) is 24.4 Å². The largest absolute Gasteiger partial charge is 0.460 e. The van der Waals surface area contributed by atoms with E-state index < -0.39 is 22.7 Å². The van der Waals surface area contributed by atoms with Crippen LogP contribution in [0.4, 0.5) is 11.4 Å². The lowest BCUT2D eigenvalue weighted by Crippen LogP contribution is -2.42. The Kier molecular flexibility index (Phi) is 5.90. The number of rotatable bonds is 6. The molecule has 0 aliphatic carbocycles. The number of esters is 1. The van der Waals surface area contributed by atoms with Crippen molar-refractivity contribution in [3.8, 4) is 0 Å². The Morgan fingerprint density at radius 2 is 1.60 bits per heavy atom. The van der Waals surface area contributed by atoms with Crippen LogP contribution in [0, 0.1) is 10.1 Å². The van der Waals surface area contributed by atoms with Crippen LogP contribution in [0.15, 0.2) is 54.6 Å². The van der Waals surface area contributed by atoms with E-state index in [9.17, 15) is 24.5 Å². The van der Waals surface area contributed by atoms with Crippen molar-refractivity contribution in [3.05, 3.63) is 81.4 Å². The zero-order valence-corrected chi connectivity index (χ0v) is 18.9. The predicted molar refractivity (Wildman–Crippen MR) is 129 cm³/mol. The molecule has 0 radical (unpaired) electrons. The smallest absolute Gasteiger partial charge is 0.338 e. The van der Waals surface area contributed by atoms with E-state index >= 15 is 0 Å². The van der Waals surface area contributed by atoms with Crippen LogP contribution in [0.3, 0.4) is 0 Å². The molecule has 2 amide bonds. The van der Waals surface area contributed by atoms with E-state index in [4.69, 9.17) is 4.74 Å². The van der Waals surface area contributed by atoms with Gasteiger partial charge < -0.3 is 9.64 Å². The highest BCUT2D eigenvalue weighted by atomic mass is 16.6. The van der Waals surface area contributed by atoms with Crippen molar-refractivity contribution >= 4 is 39.9 Å². The second-order valence-electron chi connectivity index (χ2n) is 8.61. The summed E-state index contributed by atoms with van der Waals surface area (Å²) in [6, 6.07) is 14.3. The molecule has 0 spiro atoms. The fourth-order valence-corrected chi connectivity index (χ4v) is 4.78. The molecule has 2 aliphatic rings. The molecule has 0 unspecified atom stereocenters. The van der Waals surface area contributed by atoms with Gasteiger partial charge in [-0.15, -0.1) is 0 Å². The summed E-state index contributed by atoms with van der Waals surface area (Å²) in [7, 11) is 0. The summed E-state index contributed by atoms with van der Waals surface area (Å²) in [5, 5.41) is 12.3. The Morgan fingerprint density at radius 1 is 0.914 bits per heavy atom. The average molecular weight is 473 g/mol. The van der Waals surface area contributed by atoms with Gasteiger partial charge in [0.05, 0.1) is 17.0 Å². The van der Waals surface area contributed by atoms with Crippen LogP contribution >= 0.6 is 0 Å². The topological polar surface area (TPSA) is 110 Å². The minimum atomic E-state index is -0.689. The van der Waals surface area contributed by atoms with Gasteiger partial charge in [0.15, 0.2) is 0 Å². The molecule has 0 bridgehead atoms. The number of anilines is 1. The van der Waals surface area contributed by atoms with Gasteiger partial charge in [0.1, 0.15) is 6.61 Å². The Bertz CT molecular complexity index is 1320. The molecule has 2 heterocycles. The molecule has 178 valence electrons. The maximum atomic E-state index is 13.2. The maximum Gasteiger partial charge on any atom is 0.338 e. The molecule has 0 N–H and O–H groups in total. The number of ether oxygens (including phenoxy) is 1. The number of carbonyl (C=O) groups is 3. The van der Waals surface area contributed by atoms with E-state index in [0.29, 0.717) is 16.5 Å². The molecule has 3 aromatic rings. The van der Waals surface area contributed by atoms with Crippen LogP contribution in [0.5, 0.6) is 0 Å². The SMILES string of the molecule is O=C(OCCN1C(=O)c2cccc3c(N4CCCCC4)ccc(c23)C1=O)c1ccc([N+](=O)[O-])cc1. The molecule has 0 atom stereocenters. The Labute approximate surface area is 201 Å². The molecule has 5 rings (SSSR count). The van der Waals surface area contributed by atoms with E-state index in [1.165, 1.54) is 30.7 Å². The molecular weight excluding hydrogens is 450 g/mol. The number of benzene rings is 3. The number of nitro benzene ring substituents is 1. The zero-order chi connectivity index (χ0) is 24.5. The Hall–Kier alpha value is -4.27. The van der Waals surface area contributed by atoms with Crippen LogP contribution in [0.1, 0.15) is 50.3 Å². The zero-order valence-electron chi connectivity index (χ0n) is 18.9. The van der Waals surface area contributed by atoms with Crippen molar-refractivity contribution in [2.45, 2.75) is 19.3 Å². The highest BCUT2D eigenvalue weighted by molar-refractivity contribution is 6.26. The van der Waals surface area contributed by atoms with Crippen LogP contribution in [-0.2, 0) is 4.74 Å². The maximum absolute atomic E-state index is 13.2. The highest BCUT2D eigenvalue weighted by Crippen LogP contribution is 2.36. The lowest BCUT2D eigenvalue weighted by molar-refractivity contribution is -0.384. The standard InChI is InChI=1S/C26H23N3O6/c30-24-20-6-4-5-19-22(27-13-2-1-3-14-27)12-11-21(23(19)20)25(31)28(24)15-16-35-26(32)17-7-9-18(10-8-17)29(33)34/h4-12H,1-3,13-16H2. The number of hydrogen-bond donors (Lipinski definition) is 0. The third-order valence-electron chi connectivity index (χ3n) is 6.53. The second-order valence-corrected chi connectivity index (χ2v) is 8.61. The van der Waals surface area contributed by atoms with E-state index in [1.807, 2.05) is 18.2 Å². The molecule has 1 saturated heterocycles. The number of imide groups is 1. The van der Waals surface area contributed by atoms with E-state index in [1.54, 1.807) is 12.1 Å². The lowest BCUT2D eigenvalue weighted by atomic mass is 9.92. The van der Waals surface area contributed by atoms with Gasteiger partial charge in [-0.2, -0.15) is 0 Å². The van der Waals surface area contributed by atoms with Gasteiger partial charge in [-0.05, 0) is 49.6 Å². The highest BCUT2D eigenvalue weighted by Gasteiger charge is 2.33. The van der Waals surface area contributed by atoms with Gasteiger partial charge >= 0.3 is 5.97 Å². The van der Waals surface area contributed by atoms with Crippen LogP contribution in [-0.4, -0.2) is 53.8 Å². The first-order valence-corrected chi connectivity index (χ1v) is 11.5. The van der Waals surface area contributed by atoms with Crippen LogP contribution < -0.4 is 4.90 Å². The average Bonchev–Trinajstić information content (AvgIpc) is 2.89. The third-order valence-corrected chi connectivity index (χ3v) is 6.53. The summed E-state index contributed by atoms with van der Waals surface area (Å²) in [4.78, 5) is 52.4. The molecule has 2 aliphatic heterocycles.